The van der Waals surface area contributed by atoms with Crippen LogP contribution in [-0.4, -0.2) is 32.0 Å². The summed E-state index contributed by atoms with van der Waals surface area (Å²) < 4.78 is 16.2. The van der Waals surface area contributed by atoms with Crippen molar-refractivity contribution in [2.75, 3.05) is 19.9 Å². The average Bonchev–Trinajstić information content (AvgIpc) is 3.21. The lowest BCUT2D eigenvalue weighted by atomic mass is 9.83. The highest BCUT2D eigenvalue weighted by molar-refractivity contribution is 5.75. The molecular formula is C19H25NO4. The third-order valence-electron chi connectivity index (χ3n) is 4.73. The third-order valence-corrected chi connectivity index (χ3v) is 4.73. The smallest absolute Gasteiger partial charge is 0.311 e. The summed E-state index contributed by atoms with van der Waals surface area (Å²) in [5.41, 5.74) is 1.10. The quantitative estimate of drug-likeness (QED) is 0.641. The molecule has 0 spiro atoms. The Morgan fingerprint density at radius 2 is 2.21 bits per heavy atom. The highest BCUT2D eigenvalue weighted by Crippen LogP contribution is 2.40. The Morgan fingerprint density at radius 3 is 3.00 bits per heavy atom. The van der Waals surface area contributed by atoms with E-state index in [1.54, 1.807) is 0 Å². The minimum atomic E-state index is -0.171. The molecule has 0 aromatic heterocycles. The van der Waals surface area contributed by atoms with Gasteiger partial charge in [-0.3, -0.25) is 4.79 Å². The van der Waals surface area contributed by atoms with Gasteiger partial charge in [-0.15, -0.1) is 0 Å². The lowest BCUT2D eigenvalue weighted by molar-refractivity contribution is -0.148. The number of fused-ring (bicyclic) bond motifs is 1. The summed E-state index contributed by atoms with van der Waals surface area (Å²) in [5.74, 6) is 1.33. The van der Waals surface area contributed by atoms with Crippen LogP contribution in [0.4, 0.5) is 0 Å². The molecule has 3 atom stereocenters. The van der Waals surface area contributed by atoms with Crippen LogP contribution in [-0.2, 0) is 9.53 Å². The zero-order valence-electron chi connectivity index (χ0n) is 14.3. The Kier molecular flexibility index (Phi) is 5.41. The van der Waals surface area contributed by atoms with E-state index in [0.29, 0.717) is 6.61 Å². The number of benzene rings is 1. The van der Waals surface area contributed by atoms with Gasteiger partial charge in [0.05, 0.1) is 12.5 Å². The van der Waals surface area contributed by atoms with E-state index in [0.717, 1.165) is 36.4 Å². The van der Waals surface area contributed by atoms with Gasteiger partial charge < -0.3 is 19.5 Å². The molecule has 0 saturated carbocycles. The predicted molar refractivity (Wildman–Crippen MR) is 91.3 cm³/mol. The number of carbonyl (C=O) groups excluding carboxylic acids is 1. The maximum atomic E-state index is 12.6. The normalized spacial score (nSPS) is 25.3. The molecule has 0 bridgehead atoms. The summed E-state index contributed by atoms with van der Waals surface area (Å²) in [5, 5.41) is 3.51. The Bertz CT molecular complexity index is 613. The number of esters is 1. The van der Waals surface area contributed by atoms with Crippen molar-refractivity contribution < 1.29 is 19.0 Å². The van der Waals surface area contributed by atoms with Gasteiger partial charge in [0.15, 0.2) is 11.5 Å². The lowest BCUT2D eigenvalue weighted by Crippen LogP contribution is -2.33. The predicted octanol–water partition coefficient (Wildman–Crippen LogP) is 3.01. The Hall–Kier alpha value is -2.01. The van der Waals surface area contributed by atoms with Gasteiger partial charge in [-0.1, -0.05) is 18.2 Å². The molecule has 0 unspecified atom stereocenters. The van der Waals surface area contributed by atoms with Gasteiger partial charge in [0.25, 0.3) is 0 Å². The number of nitrogens with one attached hydrogen (secondary N) is 1. The van der Waals surface area contributed by atoms with E-state index in [1.807, 2.05) is 38.1 Å². The maximum absolute atomic E-state index is 12.6. The van der Waals surface area contributed by atoms with Gasteiger partial charge in [0, 0.05) is 18.5 Å². The molecule has 24 heavy (non-hydrogen) atoms. The molecule has 1 saturated heterocycles. The van der Waals surface area contributed by atoms with Crippen molar-refractivity contribution in [2.24, 2.45) is 5.92 Å². The molecule has 130 valence electrons. The van der Waals surface area contributed by atoms with Crippen LogP contribution >= 0.6 is 0 Å². The molecular weight excluding hydrogens is 306 g/mol. The van der Waals surface area contributed by atoms with E-state index in [-0.39, 0.29) is 30.6 Å². The van der Waals surface area contributed by atoms with Crippen molar-refractivity contribution in [3.8, 4) is 11.5 Å². The molecule has 5 heteroatoms. The van der Waals surface area contributed by atoms with Crippen LogP contribution in [0.25, 0.3) is 0 Å². The van der Waals surface area contributed by atoms with Crippen molar-refractivity contribution in [2.45, 2.75) is 38.6 Å². The fourth-order valence-electron chi connectivity index (χ4n) is 3.57. The van der Waals surface area contributed by atoms with Gasteiger partial charge in [-0.05, 0) is 44.4 Å². The second kappa shape index (κ2) is 7.71. The minimum Gasteiger partial charge on any atom is -0.466 e. The number of allylic oxidation sites excluding steroid dienone is 2. The van der Waals surface area contributed by atoms with Gasteiger partial charge in [-0.25, -0.2) is 0 Å². The molecule has 1 aromatic carbocycles. The molecule has 0 amide bonds. The molecule has 1 fully saturated rings. The van der Waals surface area contributed by atoms with Crippen molar-refractivity contribution in [1.29, 1.82) is 0 Å². The van der Waals surface area contributed by atoms with Gasteiger partial charge in [0.1, 0.15) is 0 Å². The van der Waals surface area contributed by atoms with E-state index in [4.69, 9.17) is 14.2 Å². The minimum absolute atomic E-state index is 0.0918. The largest absolute Gasteiger partial charge is 0.466 e. The number of rotatable bonds is 6. The summed E-state index contributed by atoms with van der Waals surface area (Å²) in [4.78, 5) is 12.6. The molecule has 1 N–H and O–H groups in total. The van der Waals surface area contributed by atoms with E-state index in [2.05, 4.69) is 11.4 Å². The fraction of sp³-hybridized carbons (Fsp3) is 0.526. The molecule has 2 heterocycles. The molecule has 2 aliphatic rings. The van der Waals surface area contributed by atoms with E-state index in [1.165, 1.54) is 0 Å². The molecule has 2 aliphatic heterocycles. The Balaban J connectivity index is 1.81. The topological polar surface area (TPSA) is 56.8 Å². The molecule has 3 rings (SSSR count). The number of hydrogen-bond donors (Lipinski definition) is 1. The molecule has 0 radical (unpaired) electrons. The lowest BCUT2D eigenvalue weighted by Gasteiger charge is -2.22. The zero-order valence-corrected chi connectivity index (χ0v) is 14.3. The number of hydrogen-bond acceptors (Lipinski definition) is 5. The second-order valence-corrected chi connectivity index (χ2v) is 6.16. The SMILES string of the molecule is C/C=C\CC[C@@H]1NC[C@H](c2ccc3c(c2)OCO3)[C@H]1C(=O)OCC. The van der Waals surface area contributed by atoms with E-state index in [9.17, 15) is 4.79 Å². The van der Waals surface area contributed by atoms with Crippen LogP contribution in [0.2, 0.25) is 0 Å². The molecule has 0 aliphatic carbocycles. The van der Waals surface area contributed by atoms with E-state index < -0.39 is 0 Å². The highest BCUT2D eigenvalue weighted by Gasteiger charge is 2.42. The Morgan fingerprint density at radius 1 is 1.38 bits per heavy atom. The number of carbonyl (C=O) groups is 1. The molecule has 5 nitrogen and oxygen atoms in total. The summed E-state index contributed by atoms with van der Waals surface area (Å²) >= 11 is 0. The first-order valence-corrected chi connectivity index (χ1v) is 8.65. The first-order chi connectivity index (χ1) is 11.7. The average molecular weight is 331 g/mol. The summed E-state index contributed by atoms with van der Waals surface area (Å²) in [6.07, 6.45) is 6.06. The fourth-order valence-corrected chi connectivity index (χ4v) is 3.57. The molecule has 1 aromatic rings. The highest BCUT2D eigenvalue weighted by atomic mass is 16.7. The first-order valence-electron chi connectivity index (χ1n) is 8.65. The van der Waals surface area contributed by atoms with Crippen LogP contribution < -0.4 is 14.8 Å². The van der Waals surface area contributed by atoms with Crippen LogP contribution in [0.5, 0.6) is 11.5 Å². The van der Waals surface area contributed by atoms with Gasteiger partial charge in [0.2, 0.25) is 6.79 Å². The van der Waals surface area contributed by atoms with Crippen molar-refractivity contribution >= 4 is 5.97 Å². The van der Waals surface area contributed by atoms with Crippen molar-refractivity contribution in [3.05, 3.63) is 35.9 Å². The Labute approximate surface area is 143 Å². The standard InChI is InChI=1S/C19H25NO4/c1-3-5-6-7-15-18(19(21)22-4-2)14(11-20-15)13-8-9-16-17(10-13)24-12-23-16/h3,5,8-10,14-15,18,20H,4,6-7,11-12H2,1-2H3/b5-3-/t14-,15+,18-/m1/s1. The second-order valence-electron chi connectivity index (χ2n) is 6.16. The van der Waals surface area contributed by atoms with Gasteiger partial charge in [-0.2, -0.15) is 0 Å². The van der Waals surface area contributed by atoms with Crippen LogP contribution in [0.1, 0.15) is 38.2 Å². The van der Waals surface area contributed by atoms with Crippen LogP contribution in [0.15, 0.2) is 30.4 Å². The zero-order chi connectivity index (χ0) is 16.9. The monoisotopic (exact) mass is 331 g/mol. The first kappa shape index (κ1) is 16.8. The van der Waals surface area contributed by atoms with Gasteiger partial charge >= 0.3 is 5.97 Å². The van der Waals surface area contributed by atoms with Crippen LogP contribution in [0, 0.1) is 5.92 Å². The van der Waals surface area contributed by atoms with E-state index >= 15 is 0 Å². The van der Waals surface area contributed by atoms with Crippen molar-refractivity contribution in [3.63, 3.8) is 0 Å². The summed E-state index contributed by atoms with van der Waals surface area (Å²) in [7, 11) is 0. The van der Waals surface area contributed by atoms with Crippen molar-refractivity contribution in [1.82, 2.24) is 5.32 Å². The summed E-state index contributed by atoms with van der Waals surface area (Å²) in [6.45, 7) is 5.30. The maximum Gasteiger partial charge on any atom is 0.311 e. The third kappa shape index (κ3) is 3.41. The number of ether oxygens (including phenoxy) is 3. The van der Waals surface area contributed by atoms with Crippen LogP contribution in [0.3, 0.4) is 0 Å². The summed E-state index contributed by atoms with van der Waals surface area (Å²) in [6, 6.07) is 6.08.